The van der Waals surface area contributed by atoms with Gasteiger partial charge in [-0.05, 0) is 18.6 Å². The zero-order valence-electron chi connectivity index (χ0n) is 9.14. The Kier molecular flexibility index (Phi) is 3.05. The number of rotatable bonds is 3. The van der Waals surface area contributed by atoms with Crippen molar-refractivity contribution in [2.75, 3.05) is 12.3 Å². The van der Waals surface area contributed by atoms with E-state index in [0.29, 0.717) is 5.75 Å². The molecule has 0 bridgehead atoms. The molecule has 0 N–H and O–H groups in total. The van der Waals surface area contributed by atoms with Gasteiger partial charge in [0.1, 0.15) is 5.37 Å². The van der Waals surface area contributed by atoms with Crippen molar-refractivity contribution >= 4 is 17.7 Å². The predicted octanol–water partition coefficient (Wildman–Crippen LogP) is 2.01. The highest BCUT2D eigenvalue weighted by atomic mass is 32.2. The van der Waals surface area contributed by atoms with Crippen molar-refractivity contribution in [1.29, 1.82) is 0 Å². The second-order valence-electron chi connectivity index (χ2n) is 3.79. The highest BCUT2D eigenvalue weighted by Crippen LogP contribution is 2.38. The van der Waals surface area contributed by atoms with Crippen molar-refractivity contribution in [2.24, 2.45) is 7.05 Å². The summed E-state index contributed by atoms with van der Waals surface area (Å²) in [4.78, 5) is 13.7. The maximum Gasteiger partial charge on any atom is 0.233 e. The molecule has 4 heteroatoms. The second-order valence-corrected chi connectivity index (χ2v) is 4.86. The molecule has 0 aromatic carbocycles. The number of nitrogens with zero attached hydrogens (tertiary/aromatic N) is 2. The molecule has 0 aliphatic carbocycles. The average Bonchev–Trinajstić information content (AvgIpc) is 2.76. The Balaban J connectivity index is 2.22. The first-order valence-electron chi connectivity index (χ1n) is 5.26. The van der Waals surface area contributed by atoms with Gasteiger partial charge in [0.2, 0.25) is 5.91 Å². The van der Waals surface area contributed by atoms with E-state index in [4.69, 9.17) is 0 Å². The fourth-order valence-electron chi connectivity index (χ4n) is 1.91. The maximum absolute atomic E-state index is 11.7. The summed E-state index contributed by atoms with van der Waals surface area (Å²) in [5.74, 6) is 0.892. The van der Waals surface area contributed by atoms with E-state index in [1.165, 1.54) is 5.69 Å². The number of amides is 1. The van der Waals surface area contributed by atoms with Crippen molar-refractivity contribution in [2.45, 2.75) is 18.7 Å². The normalized spacial score (nSPS) is 21.3. The van der Waals surface area contributed by atoms with Crippen LogP contribution in [0.5, 0.6) is 0 Å². The van der Waals surface area contributed by atoms with Gasteiger partial charge in [-0.2, -0.15) is 0 Å². The number of aryl methyl sites for hydroxylation is 1. The Bertz CT molecular complexity index is 361. The van der Waals surface area contributed by atoms with Crippen LogP contribution >= 0.6 is 11.8 Å². The smallest absolute Gasteiger partial charge is 0.233 e. The molecule has 0 saturated carbocycles. The summed E-state index contributed by atoms with van der Waals surface area (Å²) in [5.41, 5.74) is 1.22. The van der Waals surface area contributed by atoms with Gasteiger partial charge in [0, 0.05) is 19.8 Å². The predicted molar refractivity (Wildman–Crippen MR) is 62.6 cm³/mol. The van der Waals surface area contributed by atoms with Crippen LogP contribution < -0.4 is 0 Å². The molecule has 1 fully saturated rings. The quantitative estimate of drug-likeness (QED) is 0.784. The van der Waals surface area contributed by atoms with Crippen LogP contribution in [-0.2, 0) is 11.8 Å². The minimum atomic E-state index is 0.220. The van der Waals surface area contributed by atoms with Gasteiger partial charge in [-0.1, -0.05) is 6.92 Å². The summed E-state index contributed by atoms with van der Waals surface area (Å²) in [6, 6.07) is 4.13. The number of aromatic nitrogens is 1. The van der Waals surface area contributed by atoms with Crippen LogP contribution in [0.4, 0.5) is 0 Å². The summed E-state index contributed by atoms with van der Waals surface area (Å²) in [6.45, 7) is 2.97. The van der Waals surface area contributed by atoms with E-state index in [2.05, 4.69) is 17.6 Å². The van der Waals surface area contributed by atoms with Crippen molar-refractivity contribution in [3.8, 4) is 0 Å². The third-order valence-corrected chi connectivity index (χ3v) is 3.89. The zero-order chi connectivity index (χ0) is 10.8. The minimum Gasteiger partial charge on any atom is -0.352 e. The van der Waals surface area contributed by atoms with Crippen LogP contribution in [0, 0.1) is 0 Å². The molecule has 82 valence electrons. The van der Waals surface area contributed by atoms with E-state index in [-0.39, 0.29) is 11.3 Å². The maximum atomic E-state index is 11.7. The third-order valence-electron chi connectivity index (χ3n) is 2.67. The van der Waals surface area contributed by atoms with Crippen LogP contribution in [-0.4, -0.2) is 27.7 Å². The lowest BCUT2D eigenvalue weighted by molar-refractivity contribution is -0.128. The van der Waals surface area contributed by atoms with Crippen molar-refractivity contribution in [3.05, 3.63) is 24.0 Å². The molecule has 1 aliphatic heterocycles. The molecule has 1 atom stereocenters. The van der Waals surface area contributed by atoms with E-state index in [1.807, 2.05) is 24.2 Å². The van der Waals surface area contributed by atoms with E-state index in [0.717, 1.165) is 13.0 Å². The number of hydrogen-bond donors (Lipinski definition) is 0. The van der Waals surface area contributed by atoms with Gasteiger partial charge in [-0.3, -0.25) is 4.79 Å². The fraction of sp³-hybridized carbons (Fsp3) is 0.545. The lowest BCUT2D eigenvalue weighted by Crippen LogP contribution is -2.29. The SMILES string of the molecule is CCCN1C(=O)CSC1c1cccn1C. The molecule has 2 heterocycles. The largest absolute Gasteiger partial charge is 0.352 e. The molecule has 2 rings (SSSR count). The first kappa shape index (κ1) is 10.6. The highest BCUT2D eigenvalue weighted by Gasteiger charge is 2.33. The summed E-state index contributed by atoms with van der Waals surface area (Å²) >= 11 is 1.73. The molecule has 0 spiro atoms. The Morgan fingerprint density at radius 3 is 3.00 bits per heavy atom. The van der Waals surface area contributed by atoms with Gasteiger partial charge >= 0.3 is 0 Å². The minimum absolute atomic E-state index is 0.220. The number of carbonyl (C=O) groups excluding carboxylic acids is 1. The van der Waals surface area contributed by atoms with Crippen LogP contribution in [0.3, 0.4) is 0 Å². The topological polar surface area (TPSA) is 25.2 Å². The molecule has 1 aromatic rings. The first-order chi connectivity index (χ1) is 7.24. The molecule has 15 heavy (non-hydrogen) atoms. The lowest BCUT2D eigenvalue weighted by Gasteiger charge is -2.23. The second kappa shape index (κ2) is 4.31. The van der Waals surface area contributed by atoms with Gasteiger partial charge < -0.3 is 9.47 Å². The van der Waals surface area contributed by atoms with E-state index >= 15 is 0 Å². The lowest BCUT2D eigenvalue weighted by atomic mass is 10.3. The van der Waals surface area contributed by atoms with Crippen molar-refractivity contribution in [3.63, 3.8) is 0 Å². The number of hydrogen-bond acceptors (Lipinski definition) is 2. The van der Waals surface area contributed by atoms with Crippen LogP contribution in [0.1, 0.15) is 24.4 Å². The number of carbonyl (C=O) groups is 1. The Labute approximate surface area is 94.4 Å². The van der Waals surface area contributed by atoms with Gasteiger partial charge in [0.05, 0.1) is 11.4 Å². The van der Waals surface area contributed by atoms with E-state index in [1.54, 1.807) is 11.8 Å². The molecule has 1 saturated heterocycles. The summed E-state index contributed by atoms with van der Waals surface area (Å²) in [6.07, 6.45) is 3.05. The van der Waals surface area contributed by atoms with Gasteiger partial charge in [0.15, 0.2) is 0 Å². The van der Waals surface area contributed by atoms with Crippen LogP contribution in [0.2, 0.25) is 0 Å². The van der Waals surface area contributed by atoms with Gasteiger partial charge in [-0.25, -0.2) is 0 Å². The van der Waals surface area contributed by atoms with Crippen molar-refractivity contribution < 1.29 is 4.79 Å². The van der Waals surface area contributed by atoms with E-state index < -0.39 is 0 Å². The van der Waals surface area contributed by atoms with Gasteiger partial charge in [-0.15, -0.1) is 11.8 Å². The standard InChI is InChI=1S/C11H16N2OS/c1-3-6-13-10(14)8-15-11(13)9-5-4-7-12(9)2/h4-5,7,11H,3,6,8H2,1-2H3. The van der Waals surface area contributed by atoms with Crippen molar-refractivity contribution in [1.82, 2.24) is 9.47 Å². The zero-order valence-corrected chi connectivity index (χ0v) is 9.96. The fourth-order valence-corrected chi connectivity index (χ4v) is 3.20. The molecule has 1 aliphatic rings. The molecular formula is C11H16N2OS. The molecule has 0 radical (unpaired) electrons. The molecule has 1 amide bonds. The molecule has 1 unspecified atom stereocenters. The Morgan fingerprint density at radius 2 is 2.40 bits per heavy atom. The Hall–Kier alpha value is -0.900. The average molecular weight is 224 g/mol. The summed E-state index contributed by atoms with van der Waals surface area (Å²) in [5, 5.41) is 0.220. The first-order valence-corrected chi connectivity index (χ1v) is 6.31. The third kappa shape index (κ3) is 1.91. The number of thioether (sulfide) groups is 1. The van der Waals surface area contributed by atoms with Crippen LogP contribution in [0.25, 0.3) is 0 Å². The summed E-state index contributed by atoms with van der Waals surface area (Å²) in [7, 11) is 2.03. The summed E-state index contributed by atoms with van der Waals surface area (Å²) < 4.78 is 2.10. The monoisotopic (exact) mass is 224 g/mol. The molecule has 3 nitrogen and oxygen atoms in total. The van der Waals surface area contributed by atoms with Crippen LogP contribution in [0.15, 0.2) is 18.3 Å². The Morgan fingerprint density at radius 1 is 1.60 bits per heavy atom. The highest BCUT2D eigenvalue weighted by molar-refractivity contribution is 8.00. The molecular weight excluding hydrogens is 208 g/mol. The van der Waals surface area contributed by atoms with E-state index in [9.17, 15) is 4.79 Å². The van der Waals surface area contributed by atoms with Gasteiger partial charge in [0.25, 0.3) is 0 Å². The molecule has 1 aromatic heterocycles.